The van der Waals surface area contributed by atoms with E-state index in [2.05, 4.69) is 15.3 Å². The Morgan fingerprint density at radius 1 is 1.21 bits per heavy atom. The number of nitrogens with one attached hydrogen (secondary N) is 1. The Labute approximate surface area is 199 Å². The monoisotopic (exact) mass is 488 g/mol. The predicted octanol–water partition coefficient (Wildman–Crippen LogP) is 2.79. The highest BCUT2D eigenvalue weighted by Crippen LogP contribution is 2.32. The summed E-state index contributed by atoms with van der Waals surface area (Å²) in [5.74, 6) is -1.32. The number of rotatable bonds is 9. The van der Waals surface area contributed by atoms with Crippen molar-refractivity contribution < 1.29 is 24.6 Å². The number of aliphatic hydroxyl groups excluding tert-OH is 1. The molecule has 0 saturated heterocycles. The molecule has 9 nitrogen and oxygen atoms in total. The third-order valence-electron chi connectivity index (χ3n) is 4.88. The second-order valence-electron chi connectivity index (χ2n) is 7.07. The van der Waals surface area contributed by atoms with Gasteiger partial charge in [0.2, 0.25) is 6.41 Å². The average Bonchev–Trinajstić information content (AvgIpc) is 3.30. The molecule has 0 unspecified atom stereocenters. The quantitative estimate of drug-likeness (QED) is 0.279. The first-order valence-electron chi connectivity index (χ1n) is 9.79. The minimum absolute atomic E-state index is 0.0269. The van der Waals surface area contributed by atoms with Crippen LogP contribution < -0.4 is 5.32 Å². The molecule has 1 aliphatic heterocycles. The van der Waals surface area contributed by atoms with Gasteiger partial charge in [-0.25, -0.2) is 0 Å². The van der Waals surface area contributed by atoms with Crippen molar-refractivity contribution in [3.05, 3.63) is 70.0 Å². The normalized spacial score (nSPS) is 14.0. The first-order valence-corrected chi connectivity index (χ1v) is 11.3. The topological polar surface area (TPSA) is 133 Å². The number of aliphatic hydroxyl groups is 1. The molecule has 0 atom stereocenters. The SMILES string of the molecule is C/C(C(=O)NCC(=O)O)=C(/O)C1=C(N(C=O)Cc2cnc(-c3ccccc3Cl)cn2)CSC1. The van der Waals surface area contributed by atoms with Crippen LogP contribution in [0.5, 0.6) is 0 Å². The number of carboxylic acids is 1. The van der Waals surface area contributed by atoms with Crippen LogP contribution in [0.4, 0.5) is 0 Å². The van der Waals surface area contributed by atoms with Crippen LogP contribution in [0.2, 0.25) is 5.02 Å². The summed E-state index contributed by atoms with van der Waals surface area (Å²) in [5, 5.41) is 22.1. The van der Waals surface area contributed by atoms with Gasteiger partial charge in [0.25, 0.3) is 5.91 Å². The standard InChI is InChI=1S/C22H21ClN4O5S/c1-13(22(32)26-8-20(29)30)21(31)16-10-33-11-19(16)27(12-28)9-14-6-25-18(7-24-14)15-4-2-3-5-17(15)23/h2-7,12,31H,8-11H2,1H3,(H,26,32)(H,29,30)/b21-13-. The lowest BCUT2D eigenvalue weighted by atomic mass is 10.1. The summed E-state index contributed by atoms with van der Waals surface area (Å²) in [7, 11) is 0. The van der Waals surface area contributed by atoms with E-state index in [9.17, 15) is 19.5 Å². The van der Waals surface area contributed by atoms with E-state index in [1.165, 1.54) is 23.6 Å². The van der Waals surface area contributed by atoms with Crippen LogP contribution in [-0.4, -0.2) is 61.4 Å². The minimum Gasteiger partial charge on any atom is -0.507 e. The number of amides is 2. The fourth-order valence-electron chi connectivity index (χ4n) is 3.12. The zero-order valence-electron chi connectivity index (χ0n) is 17.6. The summed E-state index contributed by atoms with van der Waals surface area (Å²) in [6.45, 7) is 0.952. The van der Waals surface area contributed by atoms with Crippen LogP contribution in [0.15, 0.2) is 59.3 Å². The Morgan fingerprint density at radius 3 is 2.61 bits per heavy atom. The van der Waals surface area contributed by atoms with Crippen LogP contribution in [0.1, 0.15) is 12.6 Å². The molecule has 2 aromatic rings. The number of halogens is 1. The van der Waals surface area contributed by atoms with Crippen molar-refractivity contribution in [3.63, 3.8) is 0 Å². The lowest BCUT2D eigenvalue weighted by molar-refractivity contribution is -0.137. The van der Waals surface area contributed by atoms with Crippen LogP contribution in [0.3, 0.4) is 0 Å². The van der Waals surface area contributed by atoms with Gasteiger partial charge in [-0.15, -0.1) is 0 Å². The number of allylic oxidation sites excluding steroid dienone is 1. The van der Waals surface area contributed by atoms with Crippen molar-refractivity contribution in [2.45, 2.75) is 13.5 Å². The highest BCUT2D eigenvalue weighted by molar-refractivity contribution is 7.99. The van der Waals surface area contributed by atoms with Crippen molar-refractivity contribution in [1.82, 2.24) is 20.2 Å². The van der Waals surface area contributed by atoms with Gasteiger partial charge in [-0.3, -0.25) is 24.4 Å². The second kappa shape index (κ2) is 11.0. The van der Waals surface area contributed by atoms with E-state index in [0.29, 0.717) is 45.6 Å². The van der Waals surface area contributed by atoms with E-state index in [1.54, 1.807) is 18.5 Å². The summed E-state index contributed by atoms with van der Waals surface area (Å²) in [6, 6.07) is 7.26. The Bertz CT molecular complexity index is 1130. The molecule has 0 spiro atoms. The molecular formula is C22H21ClN4O5S. The third-order valence-corrected chi connectivity index (χ3v) is 6.18. The third kappa shape index (κ3) is 5.91. The zero-order valence-corrected chi connectivity index (χ0v) is 19.2. The highest BCUT2D eigenvalue weighted by Gasteiger charge is 2.26. The summed E-state index contributed by atoms with van der Waals surface area (Å²) in [6.07, 6.45) is 3.77. The summed E-state index contributed by atoms with van der Waals surface area (Å²) in [4.78, 5) is 44.8. The number of nitrogens with zero attached hydrogens (tertiary/aromatic N) is 3. The second-order valence-corrected chi connectivity index (χ2v) is 8.47. The molecule has 1 aromatic carbocycles. The molecule has 11 heteroatoms. The van der Waals surface area contributed by atoms with Crippen molar-refractivity contribution in [2.75, 3.05) is 18.1 Å². The van der Waals surface area contributed by atoms with E-state index in [-0.39, 0.29) is 17.9 Å². The fourth-order valence-corrected chi connectivity index (χ4v) is 4.49. The molecule has 0 bridgehead atoms. The maximum Gasteiger partial charge on any atom is 0.322 e. The van der Waals surface area contributed by atoms with Gasteiger partial charge < -0.3 is 20.4 Å². The molecule has 172 valence electrons. The number of carbonyl (C=O) groups is 3. The van der Waals surface area contributed by atoms with Crippen molar-refractivity contribution in [3.8, 4) is 11.3 Å². The number of hydrogen-bond donors (Lipinski definition) is 3. The molecule has 1 aliphatic rings. The lowest BCUT2D eigenvalue weighted by Gasteiger charge is -2.20. The van der Waals surface area contributed by atoms with E-state index in [1.807, 2.05) is 18.2 Å². The molecular weight excluding hydrogens is 468 g/mol. The van der Waals surface area contributed by atoms with Gasteiger partial charge in [0.15, 0.2) is 0 Å². The van der Waals surface area contributed by atoms with Crippen molar-refractivity contribution >= 4 is 41.6 Å². The predicted molar refractivity (Wildman–Crippen MR) is 124 cm³/mol. The number of carbonyl (C=O) groups excluding carboxylic acids is 2. The molecule has 0 aliphatic carbocycles. The number of carboxylic acid groups (broad SMARTS) is 1. The van der Waals surface area contributed by atoms with Gasteiger partial charge in [0, 0.05) is 28.3 Å². The Balaban J connectivity index is 1.81. The number of thioether (sulfide) groups is 1. The van der Waals surface area contributed by atoms with Crippen LogP contribution in [0, 0.1) is 0 Å². The molecule has 2 amide bonds. The van der Waals surface area contributed by atoms with Gasteiger partial charge in [-0.05, 0) is 13.0 Å². The van der Waals surface area contributed by atoms with E-state index < -0.39 is 18.4 Å². The van der Waals surface area contributed by atoms with Gasteiger partial charge in [0.1, 0.15) is 12.3 Å². The van der Waals surface area contributed by atoms with Gasteiger partial charge >= 0.3 is 5.97 Å². The first kappa shape index (κ1) is 24.3. The summed E-state index contributed by atoms with van der Waals surface area (Å²) >= 11 is 7.68. The average molecular weight is 489 g/mol. The zero-order chi connectivity index (χ0) is 24.0. The van der Waals surface area contributed by atoms with Crippen molar-refractivity contribution in [2.24, 2.45) is 0 Å². The smallest absolute Gasteiger partial charge is 0.322 e. The molecule has 3 N–H and O–H groups in total. The summed E-state index contributed by atoms with van der Waals surface area (Å²) < 4.78 is 0. The lowest BCUT2D eigenvalue weighted by Crippen LogP contribution is -2.30. The molecule has 1 aromatic heterocycles. The maximum atomic E-state index is 12.1. The minimum atomic E-state index is -1.19. The molecule has 3 rings (SSSR count). The van der Waals surface area contributed by atoms with Gasteiger partial charge in [-0.2, -0.15) is 11.8 Å². The molecule has 0 radical (unpaired) electrons. The van der Waals surface area contributed by atoms with Crippen LogP contribution in [-0.2, 0) is 20.9 Å². The number of aliphatic carboxylic acids is 1. The number of benzene rings is 1. The van der Waals surface area contributed by atoms with E-state index in [4.69, 9.17) is 16.7 Å². The Kier molecular flexibility index (Phi) is 8.07. The van der Waals surface area contributed by atoms with E-state index in [0.717, 1.165) is 5.56 Å². The van der Waals surface area contributed by atoms with E-state index >= 15 is 0 Å². The van der Waals surface area contributed by atoms with Gasteiger partial charge in [0.05, 0.1) is 40.9 Å². The largest absolute Gasteiger partial charge is 0.507 e. The Hall–Kier alpha value is -3.37. The highest BCUT2D eigenvalue weighted by atomic mass is 35.5. The summed E-state index contributed by atoms with van der Waals surface area (Å²) in [5.41, 5.74) is 2.84. The fraction of sp³-hybridized carbons (Fsp3) is 0.227. The first-order chi connectivity index (χ1) is 15.8. The van der Waals surface area contributed by atoms with Crippen LogP contribution in [0.25, 0.3) is 11.3 Å². The molecule has 33 heavy (non-hydrogen) atoms. The molecule has 0 saturated carbocycles. The van der Waals surface area contributed by atoms with Crippen LogP contribution >= 0.6 is 23.4 Å². The maximum absolute atomic E-state index is 12.1. The molecule has 2 heterocycles. The Morgan fingerprint density at radius 2 is 1.97 bits per heavy atom. The number of hydrogen-bond acceptors (Lipinski definition) is 7. The number of aromatic nitrogens is 2. The van der Waals surface area contributed by atoms with Gasteiger partial charge in [-0.1, -0.05) is 29.8 Å². The van der Waals surface area contributed by atoms with Crippen molar-refractivity contribution in [1.29, 1.82) is 0 Å². The molecule has 0 fully saturated rings.